The van der Waals surface area contributed by atoms with E-state index < -0.39 is 0 Å². The molecule has 0 radical (unpaired) electrons. The molecule has 1 aromatic rings. The maximum absolute atomic E-state index is 13.7. The molecule has 1 aromatic carbocycles. The minimum Gasteiger partial charge on any atom is -0.310 e. The van der Waals surface area contributed by atoms with Crippen molar-refractivity contribution in [1.29, 1.82) is 0 Å². The molecule has 0 aliphatic rings. The monoisotopic (exact) mass is 357 g/mol. The number of benzene rings is 1. The Morgan fingerprint density at radius 2 is 1.76 bits per heavy atom. The Hall–Kier alpha value is -0.410. The first kappa shape index (κ1) is 18.6. The maximum Gasteiger partial charge on any atom is 0.137 e. The fourth-order valence-corrected chi connectivity index (χ4v) is 3.15. The van der Waals surface area contributed by atoms with E-state index in [9.17, 15) is 4.39 Å². The van der Waals surface area contributed by atoms with Crippen LogP contribution in [0.3, 0.4) is 0 Å². The van der Waals surface area contributed by atoms with Gasteiger partial charge in [-0.2, -0.15) is 0 Å². The van der Waals surface area contributed by atoms with Gasteiger partial charge in [0.2, 0.25) is 0 Å². The van der Waals surface area contributed by atoms with Crippen molar-refractivity contribution in [1.82, 2.24) is 5.32 Å². The molecule has 0 aliphatic heterocycles. The topological polar surface area (TPSA) is 12.0 Å². The zero-order chi connectivity index (χ0) is 15.5. The number of unbranched alkanes of at least 4 members (excludes halogenated alkanes) is 5. The van der Waals surface area contributed by atoms with Gasteiger partial charge in [-0.05, 0) is 46.9 Å². The Morgan fingerprint density at radius 1 is 1.05 bits per heavy atom. The SMILES string of the molecule is CCCCCCCCC(NCCC)c1cccc(F)c1Br. The molecular weight excluding hydrogens is 329 g/mol. The van der Waals surface area contributed by atoms with Gasteiger partial charge in [0, 0.05) is 6.04 Å². The second kappa shape index (κ2) is 11.2. The molecule has 0 heterocycles. The van der Waals surface area contributed by atoms with Gasteiger partial charge in [0.05, 0.1) is 4.47 Å². The average Bonchev–Trinajstić information content (AvgIpc) is 2.49. The molecule has 1 nitrogen and oxygen atoms in total. The van der Waals surface area contributed by atoms with Crippen LogP contribution in [-0.2, 0) is 0 Å². The number of rotatable bonds is 11. The largest absolute Gasteiger partial charge is 0.310 e. The van der Waals surface area contributed by atoms with Crippen LogP contribution >= 0.6 is 15.9 Å². The summed E-state index contributed by atoms with van der Waals surface area (Å²) in [5, 5.41) is 3.56. The molecule has 0 aromatic heterocycles. The van der Waals surface area contributed by atoms with Crippen molar-refractivity contribution in [3.63, 3.8) is 0 Å². The Balaban J connectivity index is 2.53. The number of hydrogen-bond acceptors (Lipinski definition) is 1. The van der Waals surface area contributed by atoms with Crippen LogP contribution in [0.25, 0.3) is 0 Å². The van der Waals surface area contributed by atoms with Crippen LogP contribution in [0.5, 0.6) is 0 Å². The van der Waals surface area contributed by atoms with Gasteiger partial charge in [0.15, 0.2) is 0 Å². The van der Waals surface area contributed by atoms with Crippen LogP contribution in [-0.4, -0.2) is 6.54 Å². The van der Waals surface area contributed by atoms with Crippen molar-refractivity contribution < 1.29 is 4.39 Å². The standard InChI is InChI=1S/C18H29BrFN/c1-3-5-6-7-8-9-13-17(21-14-4-2)15-11-10-12-16(20)18(15)19/h10-12,17,21H,3-9,13-14H2,1-2H3. The van der Waals surface area contributed by atoms with Gasteiger partial charge in [0.1, 0.15) is 5.82 Å². The van der Waals surface area contributed by atoms with Crippen molar-refractivity contribution in [2.75, 3.05) is 6.54 Å². The zero-order valence-corrected chi connectivity index (χ0v) is 15.0. The predicted octanol–water partition coefficient (Wildman–Crippen LogP) is 6.38. The van der Waals surface area contributed by atoms with Crippen molar-refractivity contribution in [3.05, 3.63) is 34.1 Å². The van der Waals surface area contributed by atoms with Gasteiger partial charge in [-0.25, -0.2) is 4.39 Å². The molecule has 0 amide bonds. The predicted molar refractivity (Wildman–Crippen MR) is 93.1 cm³/mol. The molecule has 1 N–H and O–H groups in total. The van der Waals surface area contributed by atoms with E-state index in [4.69, 9.17) is 0 Å². The molecule has 0 saturated carbocycles. The highest BCUT2D eigenvalue weighted by molar-refractivity contribution is 9.10. The molecule has 1 rings (SSSR count). The van der Waals surface area contributed by atoms with Gasteiger partial charge < -0.3 is 5.32 Å². The highest BCUT2D eigenvalue weighted by Crippen LogP contribution is 2.29. The highest BCUT2D eigenvalue weighted by Gasteiger charge is 2.15. The lowest BCUT2D eigenvalue weighted by Crippen LogP contribution is -2.22. The molecule has 1 unspecified atom stereocenters. The van der Waals surface area contributed by atoms with Crippen LogP contribution in [0.4, 0.5) is 4.39 Å². The Labute approximate surface area is 137 Å². The molecule has 120 valence electrons. The van der Waals surface area contributed by atoms with Gasteiger partial charge in [-0.15, -0.1) is 0 Å². The van der Waals surface area contributed by atoms with E-state index in [-0.39, 0.29) is 11.9 Å². The second-order valence-electron chi connectivity index (χ2n) is 5.71. The zero-order valence-electron chi connectivity index (χ0n) is 13.4. The number of hydrogen-bond donors (Lipinski definition) is 1. The van der Waals surface area contributed by atoms with Gasteiger partial charge in [-0.3, -0.25) is 0 Å². The molecule has 0 fully saturated rings. The molecule has 0 bridgehead atoms. The van der Waals surface area contributed by atoms with Gasteiger partial charge in [0.25, 0.3) is 0 Å². The first-order chi connectivity index (χ1) is 10.2. The first-order valence-electron chi connectivity index (χ1n) is 8.38. The number of halogens is 2. The smallest absolute Gasteiger partial charge is 0.137 e. The van der Waals surface area contributed by atoms with Gasteiger partial charge >= 0.3 is 0 Å². The fraction of sp³-hybridized carbons (Fsp3) is 0.667. The van der Waals surface area contributed by atoms with Crippen LogP contribution in [0, 0.1) is 5.82 Å². The minimum atomic E-state index is -0.168. The average molecular weight is 358 g/mol. The lowest BCUT2D eigenvalue weighted by molar-refractivity contribution is 0.462. The summed E-state index contributed by atoms with van der Waals surface area (Å²) in [6.45, 7) is 5.38. The lowest BCUT2D eigenvalue weighted by atomic mass is 9.99. The third-order valence-corrected chi connectivity index (χ3v) is 4.68. The van der Waals surface area contributed by atoms with E-state index in [1.165, 1.54) is 44.6 Å². The van der Waals surface area contributed by atoms with E-state index in [0.717, 1.165) is 24.9 Å². The Morgan fingerprint density at radius 3 is 2.48 bits per heavy atom. The molecule has 0 aliphatic carbocycles. The summed E-state index contributed by atoms with van der Waals surface area (Å²) in [5.41, 5.74) is 1.05. The van der Waals surface area contributed by atoms with Crippen molar-refractivity contribution in [2.24, 2.45) is 0 Å². The summed E-state index contributed by atoms with van der Waals surface area (Å²) >= 11 is 3.40. The van der Waals surface area contributed by atoms with Crippen molar-refractivity contribution in [2.45, 2.75) is 71.3 Å². The maximum atomic E-state index is 13.7. The van der Waals surface area contributed by atoms with Crippen LogP contribution in [0.1, 0.15) is 76.8 Å². The van der Waals surface area contributed by atoms with E-state index in [1.54, 1.807) is 6.07 Å². The highest BCUT2D eigenvalue weighted by atomic mass is 79.9. The quantitative estimate of drug-likeness (QED) is 0.453. The van der Waals surface area contributed by atoms with Gasteiger partial charge in [-0.1, -0.05) is 64.5 Å². The second-order valence-corrected chi connectivity index (χ2v) is 6.50. The van der Waals surface area contributed by atoms with Crippen molar-refractivity contribution in [3.8, 4) is 0 Å². The van der Waals surface area contributed by atoms with E-state index >= 15 is 0 Å². The van der Waals surface area contributed by atoms with Crippen LogP contribution < -0.4 is 5.32 Å². The molecular formula is C18H29BrFN. The van der Waals surface area contributed by atoms with Crippen LogP contribution in [0.2, 0.25) is 0 Å². The summed E-state index contributed by atoms with van der Waals surface area (Å²) < 4.78 is 14.3. The number of nitrogens with one attached hydrogen (secondary N) is 1. The minimum absolute atomic E-state index is 0.168. The van der Waals surface area contributed by atoms with Crippen LogP contribution in [0.15, 0.2) is 22.7 Å². The summed E-state index contributed by atoms with van der Waals surface area (Å²) in [6.07, 6.45) is 9.94. The fourth-order valence-electron chi connectivity index (χ4n) is 2.60. The normalized spacial score (nSPS) is 12.6. The third kappa shape index (κ3) is 6.92. The Bertz CT molecular complexity index is 395. The molecule has 21 heavy (non-hydrogen) atoms. The first-order valence-corrected chi connectivity index (χ1v) is 9.17. The van der Waals surface area contributed by atoms with E-state index in [2.05, 4.69) is 35.1 Å². The molecule has 1 atom stereocenters. The summed E-state index contributed by atoms with van der Waals surface area (Å²) in [6, 6.07) is 5.59. The lowest BCUT2D eigenvalue weighted by Gasteiger charge is -2.20. The molecule has 3 heteroatoms. The van der Waals surface area contributed by atoms with E-state index in [1.807, 2.05) is 6.07 Å². The summed E-state index contributed by atoms with van der Waals surface area (Å²) in [4.78, 5) is 0. The summed E-state index contributed by atoms with van der Waals surface area (Å²) in [7, 11) is 0. The molecule has 0 spiro atoms. The third-order valence-electron chi connectivity index (χ3n) is 3.84. The van der Waals surface area contributed by atoms with E-state index in [0.29, 0.717) is 4.47 Å². The van der Waals surface area contributed by atoms with Crippen molar-refractivity contribution >= 4 is 15.9 Å². The Kier molecular flexibility index (Phi) is 9.94. The molecule has 0 saturated heterocycles. The summed E-state index contributed by atoms with van der Waals surface area (Å²) in [5.74, 6) is -0.168.